The van der Waals surface area contributed by atoms with Crippen molar-refractivity contribution in [2.45, 2.75) is 25.8 Å². The van der Waals surface area contributed by atoms with Crippen LogP contribution in [-0.2, 0) is 11.3 Å². The van der Waals surface area contributed by atoms with Crippen LogP contribution in [0.3, 0.4) is 0 Å². The van der Waals surface area contributed by atoms with Crippen molar-refractivity contribution in [2.24, 2.45) is 0 Å². The molecule has 0 aliphatic rings. The molecule has 0 saturated carbocycles. The van der Waals surface area contributed by atoms with E-state index in [1.807, 2.05) is 13.0 Å². The molecular formula is C19H17ClFN3O2. The van der Waals surface area contributed by atoms with Crippen molar-refractivity contribution < 1.29 is 13.7 Å². The lowest BCUT2D eigenvalue weighted by atomic mass is 9.97. The van der Waals surface area contributed by atoms with E-state index in [-0.39, 0.29) is 30.6 Å². The molecule has 1 atom stereocenters. The normalized spacial score (nSPS) is 12.0. The molecule has 2 aromatic carbocycles. The summed E-state index contributed by atoms with van der Waals surface area (Å²) < 4.78 is 18.1. The first-order valence-electron chi connectivity index (χ1n) is 8.12. The fourth-order valence-corrected chi connectivity index (χ4v) is 2.70. The Morgan fingerprint density at radius 1 is 1.27 bits per heavy atom. The Morgan fingerprint density at radius 3 is 2.77 bits per heavy atom. The van der Waals surface area contributed by atoms with Crippen LogP contribution < -0.4 is 5.32 Å². The van der Waals surface area contributed by atoms with Gasteiger partial charge in [0, 0.05) is 17.0 Å². The maximum absolute atomic E-state index is 13.0. The fraction of sp³-hybridized carbons (Fsp3) is 0.211. The van der Waals surface area contributed by atoms with Gasteiger partial charge in [-0.05, 0) is 35.7 Å². The van der Waals surface area contributed by atoms with Crippen LogP contribution in [0.5, 0.6) is 0 Å². The summed E-state index contributed by atoms with van der Waals surface area (Å²) >= 11 is 5.95. The molecule has 1 amide bonds. The number of carbonyl (C=O) groups is 1. The molecule has 0 radical (unpaired) electrons. The molecule has 3 rings (SSSR count). The Balaban J connectivity index is 1.54. The highest BCUT2D eigenvalue weighted by molar-refractivity contribution is 6.30. The van der Waals surface area contributed by atoms with Crippen LogP contribution >= 0.6 is 11.6 Å². The van der Waals surface area contributed by atoms with Gasteiger partial charge in [-0.1, -0.05) is 47.9 Å². The molecule has 0 aliphatic carbocycles. The Kier molecular flexibility index (Phi) is 5.63. The number of hydrogen-bond acceptors (Lipinski definition) is 4. The summed E-state index contributed by atoms with van der Waals surface area (Å²) in [4.78, 5) is 16.3. The number of aromatic nitrogens is 2. The number of amides is 1. The average molecular weight is 374 g/mol. The summed E-state index contributed by atoms with van der Waals surface area (Å²) in [6.45, 7) is 2.05. The van der Waals surface area contributed by atoms with Crippen LogP contribution in [0.4, 0.5) is 4.39 Å². The van der Waals surface area contributed by atoms with Gasteiger partial charge in [0.1, 0.15) is 5.82 Å². The number of rotatable bonds is 6. The Hall–Kier alpha value is -2.73. The first kappa shape index (κ1) is 18.1. The molecule has 1 unspecified atom stereocenters. The minimum atomic E-state index is -0.294. The predicted octanol–water partition coefficient (Wildman–Crippen LogP) is 4.34. The molecule has 0 aliphatic heterocycles. The van der Waals surface area contributed by atoms with E-state index in [0.717, 1.165) is 11.1 Å². The molecule has 134 valence electrons. The first-order chi connectivity index (χ1) is 12.5. The second kappa shape index (κ2) is 8.10. The van der Waals surface area contributed by atoms with Crippen molar-refractivity contribution in [2.75, 3.05) is 0 Å². The maximum Gasteiger partial charge on any atom is 0.246 e. The lowest BCUT2D eigenvalue weighted by molar-refractivity contribution is -0.121. The van der Waals surface area contributed by atoms with Gasteiger partial charge in [0.15, 0.2) is 0 Å². The highest BCUT2D eigenvalue weighted by atomic mass is 35.5. The number of carbonyl (C=O) groups excluding carboxylic acids is 1. The third kappa shape index (κ3) is 4.67. The second-order valence-corrected chi connectivity index (χ2v) is 6.39. The smallest absolute Gasteiger partial charge is 0.246 e. The van der Waals surface area contributed by atoms with E-state index in [1.54, 1.807) is 30.3 Å². The SMILES string of the molecule is CC(CC(=O)NCc1nc(-c2cccc(Cl)c2)no1)c1ccc(F)cc1. The molecule has 1 N–H and O–H groups in total. The minimum Gasteiger partial charge on any atom is -0.347 e. The van der Waals surface area contributed by atoms with Crippen LogP contribution in [0, 0.1) is 5.82 Å². The zero-order valence-corrected chi connectivity index (χ0v) is 14.8. The van der Waals surface area contributed by atoms with E-state index in [2.05, 4.69) is 15.5 Å². The van der Waals surface area contributed by atoms with Crippen molar-refractivity contribution in [3.8, 4) is 11.4 Å². The monoisotopic (exact) mass is 373 g/mol. The van der Waals surface area contributed by atoms with E-state index < -0.39 is 0 Å². The molecular weight excluding hydrogens is 357 g/mol. The Bertz CT molecular complexity index is 896. The summed E-state index contributed by atoms with van der Waals surface area (Å²) in [6.07, 6.45) is 0.279. The first-order valence-corrected chi connectivity index (χ1v) is 8.50. The summed E-state index contributed by atoms with van der Waals surface area (Å²) in [5.74, 6) is 0.251. The quantitative estimate of drug-likeness (QED) is 0.698. The van der Waals surface area contributed by atoms with E-state index in [9.17, 15) is 9.18 Å². The summed E-state index contributed by atoms with van der Waals surface area (Å²) in [6, 6.07) is 13.3. The van der Waals surface area contributed by atoms with E-state index in [1.165, 1.54) is 12.1 Å². The molecule has 3 aromatic rings. The van der Waals surface area contributed by atoms with Gasteiger partial charge in [0.05, 0.1) is 6.54 Å². The predicted molar refractivity (Wildman–Crippen MR) is 96.0 cm³/mol. The molecule has 0 saturated heterocycles. The number of nitrogens with one attached hydrogen (secondary N) is 1. The van der Waals surface area contributed by atoms with Crippen LogP contribution in [0.25, 0.3) is 11.4 Å². The molecule has 7 heteroatoms. The highest BCUT2D eigenvalue weighted by Gasteiger charge is 2.13. The summed E-state index contributed by atoms with van der Waals surface area (Å²) in [7, 11) is 0. The number of nitrogens with zero attached hydrogens (tertiary/aromatic N) is 2. The highest BCUT2D eigenvalue weighted by Crippen LogP contribution is 2.21. The lowest BCUT2D eigenvalue weighted by Gasteiger charge is -2.11. The standard InChI is InChI=1S/C19H17ClFN3O2/c1-12(13-5-7-16(21)8-6-13)9-17(25)22-11-18-23-19(24-26-18)14-3-2-4-15(20)10-14/h2-8,10,12H,9,11H2,1H3,(H,22,25). The lowest BCUT2D eigenvalue weighted by Crippen LogP contribution is -2.24. The van der Waals surface area contributed by atoms with E-state index >= 15 is 0 Å². The Labute approximate surface area is 155 Å². The van der Waals surface area contributed by atoms with Crippen LogP contribution in [0.2, 0.25) is 5.02 Å². The number of hydrogen-bond donors (Lipinski definition) is 1. The molecule has 1 heterocycles. The minimum absolute atomic E-state index is 0.0275. The molecule has 26 heavy (non-hydrogen) atoms. The molecule has 1 aromatic heterocycles. The van der Waals surface area contributed by atoms with Crippen molar-refractivity contribution in [1.29, 1.82) is 0 Å². The second-order valence-electron chi connectivity index (χ2n) is 5.96. The van der Waals surface area contributed by atoms with Gasteiger partial charge in [0.2, 0.25) is 17.6 Å². The largest absolute Gasteiger partial charge is 0.347 e. The van der Waals surface area contributed by atoms with Gasteiger partial charge >= 0.3 is 0 Å². The van der Waals surface area contributed by atoms with Gasteiger partial charge in [-0.15, -0.1) is 0 Å². The third-order valence-corrected chi connectivity index (χ3v) is 4.15. The summed E-state index contributed by atoms with van der Waals surface area (Å²) in [5.41, 5.74) is 1.64. The number of benzene rings is 2. The van der Waals surface area contributed by atoms with Crippen LogP contribution in [0.1, 0.15) is 30.7 Å². The third-order valence-electron chi connectivity index (χ3n) is 3.92. The maximum atomic E-state index is 13.0. The van der Waals surface area contributed by atoms with Crippen molar-refractivity contribution in [1.82, 2.24) is 15.5 Å². The van der Waals surface area contributed by atoms with Gasteiger partial charge in [0.25, 0.3) is 0 Å². The van der Waals surface area contributed by atoms with Gasteiger partial charge < -0.3 is 9.84 Å². The van der Waals surface area contributed by atoms with Crippen molar-refractivity contribution in [3.63, 3.8) is 0 Å². The van der Waals surface area contributed by atoms with Crippen LogP contribution in [-0.4, -0.2) is 16.0 Å². The molecule has 0 spiro atoms. The molecule has 0 fully saturated rings. The Morgan fingerprint density at radius 2 is 2.04 bits per heavy atom. The fourth-order valence-electron chi connectivity index (χ4n) is 2.51. The topological polar surface area (TPSA) is 68.0 Å². The van der Waals surface area contributed by atoms with Crippen molar-refractivity contribution in [3.05, 3.63) is 70.8 Å². The van der Waals surface area contributed by atoms with E-state index in [0.29, 0.717) is 16.7 Å². The van der Waals surface area contributed by atoms with Crippen LogP contribution in [0.15, 0.2) is 53.1 Å². The molecule has 5 nitrogen and oxygen atoms in total. The van der Waals surface area contributed by atoms with Gasteiger partial charge in [-0.3, -0.25) is 4.79 Å². The van der Waals surface area contributed by atoms with Gasteiger partial charge in [-0.25, -0.2) is 4.39 Å². The van der Waals surface area contributed by atoms with Gasteiger partial charge in [-0.2, -0.15) is 4.98 Å². The van der Waals surface area contributed by atoms with Crippen molar-refractivity contribution >= 4 is 17.5 Å². The summed E-state index contributed by atoms with van der Waals surface area (Å²) in [5, 5.41) is 7.22. The molecule has 0 bridgehead atoms. The zero-order chi connectivity index (χ0) is 18.5. The van der Waals surface area contributed by atoms with E-state index in [4.69, 9.17) is 16.1 Å². The average Bonchev–Trinajstić information content (AvgIpc) is 3.09. The number of halogens is 2. The zero-order valence-electron chi connectivity index (χ0n) is 14.1.